The molecule has 1 aliphatic rings. The Kier molecular flexibility index (Phi) is 4.09. The Morgan fingerprint density at radius 1 is 1.28 bits per heavy atom. The quantitative estimate of drug-likeness (QED) is 0.868. The standard InChI is InChI=1S/C14H21NO3/c1-14(6-7-18-10-14)15-9-11-4-5-12(16-2)13(8-11)17-3/h4-5,8,15H,6-7,9-10H2,1-3H3. The summed E-state index contributed by atoms with van der Waals surface area (Å²) in [6.07, 6.45) is 1.06. The van der Waals surface area contributed by atoms with Crippen LogP contribution in [0, 0.1) is 0 Å². The molecule has 1 N–H and O–H groups in total. The lowest BCUT2D eigenvalue weighted by atomic mass is 10.0. The van der Waals surface area contributed by atoms with Crippen molar-refractivity contribution in [1.29, 1.82) is 0 Å². The van der Waals surface area contributed by atoms with Crippen molar-refractivity contribution in [2.24, 2.45) is 0 Å². The van der Waals surface area contributed by atoms with E-state index < -0.39 is 0 Å². The minimum absolute atomic E-state index is 0.0904. The molecule has 0 spiro atoms. The lowest BCUT2D eigenvalue weighted by Crippen LogP contribution is -2.42. The van der Waals surface area contributed by atoms with Crippen LogP contribution in [0.5, 0.6) is 11.5 Å². The highest BCUT2D eigenvalue weighted by molar-refractivity contribution is 5.42. The molecule has 1 atom stereocenters. The van der Waals surface area contributed by atoms with Gasteiger partial charge in [-0.25, -0.2) is 0 Å². The van der Waals surface area contributed by atoms with Gasteiger partial charge in [0.2, 0.25) is 0 Å². The monoisotopic (exact) mass is 251 g/mol. The average Bonchev–Trinajstić information content (AvgIpc) is 2.83. The first kappa shape index (κ1) is 13.2. The Morgan fingerprint density at radius 3 is 2.67 bits per heavy atom. The molecule has 100 valence electrons. The van der Waals surface area contributed by atoms with E-state index in [1.165, 1.54) is 5.56 Å². The van der Waals surface area contributed by atoms with Crippen LogP contribution in [0.3, 0.4) is 0 Å². The Bertz CT molecular complexity index is 400. The lowest BCUT2D eigenvalue weighted by Gasteiger charge is -2.23. The molecule has 1 aliphatic heterocycles. The number of hydrogen-bond acceptors (Lipinski definition) is 4. The fourth-order valence-corrected chi connectivity index (χ4v) is 2.11. The molecular weight excluding hydrogens is 230 g/mol. The molecule has 1 heterocycles. The van der Waals surface area contributed by atoms with E-state index in [1.54, 1.807) is 14.2 Å². The van der Waals surface area contributed by atoms with E-state index in [4.69, 9.17) is 14.2 Å². The zero-order chi connectivity index (χ0) is 13.0. The average molecular weight is 251 g/mol. The largest absolute Gasteiger partial charge is 0.493 e. The Labute approximate surface area is 108 Å². The van der Waals surface area contributed by atoms with Gasteiger partial charge in [-0.1, -0.05) is 6.07 Å². The molecule has 0 saturated carbocycles. The van der Waals surface area contributed by atoms with E-state index >= 15 is 0 Å². The van der Waals surface area contributed by atoms with Gasteiger partial charge in [0.15, 0.2) is 11.5 Å². The summed E-state index contributed by atoms with van der Waals surface area (Å²) in [6, 6.07) is 5.99. The van der Waals surface area contributed by atoms with E-state index in [9.17, 15) is 0 Å². The minimum atomic E-state index is 0.0904. The molecule has 0 aliphatic carbocycles. The summed E-state index contributed by atoms with van der Waals surface area (Å²) in [6.45, 7) is 4.62. The first-order valence-corrected chi connectivity index (χ1v) is 6.20. The Balaban J connectivity index is 2.01. The zero-order valence-corrected chi connectivity index (χ0v) is 11.3. The molecule has 18 heavy (non-hydrogen) atoms. The molecule has 0 aromatic heterocycles. The third-order valence-corrected chi connectivity index (χ3v) is 3.39. The second-order valence-corrected chi connectivity index (χ2v) is 4.91. The maximum absolute atomic E-state index is 5.42. The van der Waals surface area contributed by atoms with Crippen molar-refractivity contribution in [1.82, 2.24) is 5.32 Å². The number of benzene rings is 1. The van der Waals surface area contributed by atoms with Gasteiger partial charge >= 0.3 is 0 Å². The normalized spacial score (nSPS) is 23.1. The zero-order valence-electron chi connectivity index (χ0n) is 11.3. The first-order valence-electron chi connectivity index (χ1n) is 6.20. The van der Waals surface area contributed by atoms with Crippen molar-refractivity contribution in [3.8, 4) is 11.5 Å². The number of hydrogen-bond donors (Lipinski definition) is 1. The van der Waals surface area contributed by atoms with Crippen molar-refractivity contribution >= 4 is 0 Å². The summed E-state index contributed by atoms with van der Waals surface area (Å²) in [7, 11) is 3.30. The van der Waals surface area contributed by atoms with Crippen LogP contribution in [-0.4, -0.2) is 33.0 Å². The van der Waals surface area contributed by atoms with E-state index in [0.29, 0.717) is 0 Å². The van der Waals surface area contributed by atoms with Crippen LogP contribution in [-0.2, 0) is 11.3 Å². The van der Waals surface area contributed by atoms with Gasteiger partial charge in [0.25, 0.3) is 0 Å². The van der Waals surface area contributed by atoms with Crippen LogP contribution in [0.25, 0.3) is 0 Å². The second-order valence-electron chi connectivity index (χ2n) is 4.91. The molecule has 4 heteroatoms. The molecule has 1 aromatic rings. The molecule has 1 fully saturated rings. The highest BCUT2D eigenvalue weighted by Crippen LogP contribution is 2.28. The van der Waals surface area contributed by atoms with Crippen molar-refractivity contribution in [2.45, 2.75) is 25.4 Å². The Hall–Kier alpha value is -1.26. The van der Waals surface area contributed by atoms with E-state index in [2.05, 4.69) is 12.2 Å². The smallest absolute Gasteiger partial charge is 0.161 e. The fraction of sp³-hybridized carbons (Fsp3) is 0.571. The number of nitrogens with one attached hydrogen (secondary N) is 1. The second kappa shape index (κ2) is 5.59. The van der Waals surface area contributed by atoms with Crippen molar-refractivity contribution in [3.05, 3.63) is 23.8 Å². The topological polar surface area (TPSA) is 39.7 Å². The third-order valence-electron chi connectivity index (χ3n) is 3.39. The van der Waals surface area contributed by atoms with Gasteiger partial charge in [0, 0.05) is 18.7 Å². The molecule has 4 nitrogen and oxygen atoms in total. The van der Waals surface area contributed by atoms with Gasteiger partial charge in [-0.05, 0) is 31.0 Å². The minimum Gasteiger partial charge on any atom is -0.493 e. The lowest BCUT2D eigenvalue weighted by molar-refractivity contribution is 0.171. The summed E-state index contributed by atoms with van der Waals surface area (Å²) < 4.78 is 15.9. The van der Waals surface area contributed by atoms with Gasteiger partial charge in [-0.15, -0.1) is 0 Å². The summed E-state index contributed by atoms with van der Waals surface area (Å²) in [4.78, 5) is 0. The maximum atomic E-state index is 5.42. The first-order chi connectivity index (χ1) is 8.67. The molecule has 1 unspecified atom stereocenters. The SMILES string of the molecule is COc1ccc(CNC2(C)CCOC2)cc1OC. The highest BCUT2D eigenvalue weighted by Gasteiger charge is 2.28. The van der Waals surface area contributed by atoms with Crippen molar-refractivity contribution < 1.29 is 14.2 Å². The van der Waals surface area contributed by atoms with Gasteiger partial charge in [-0.2, -0.15) is 0 Å². The van der Waals surface area contributed by atoms with Crippen LogP contribution >= 0.6 is 0 Å². The van der Waals surface area contributed by atoms with Gasteiger partial charge in [0.1, 0.15) is 0 Å². The van der Waals surface area contributed by atoms with Crippen LogP contribution in [0.1, 0.15) is 18.9 Å². The fourth-order valence-electron chi connectivity index (χ4n) is 2.11. The van der Waals surface area contributed by atoms with Gasteiger partial charge < -0.3 is 19.5 Å². The van der Waals surface area contributed by atoms with Crippen LogP contribution in [0.2, 0.25) is 0 Å². The van der Waals surface area contributed by atoms with Crippen LogP contribution < -0.4 is 14.8 Å². The summed E-state index contributed by atoms with van der Waals surface area (Å²) in [5.74, 6) is 1.53. The Morgan fingerprint density at radius 2 is 2.06 bits per heavy atom. The predicted octanol–water partition coefficient (Wildman–Crippen LogP) is 1.97. The number of rotatable bonds is 5. The molecule has 0 radical (unpaired) electrons. The van der Waals surface area contributed by atoms with Crippen molar-refractivity contribution in [3.63, 3.8) is 0 Å². The number of methoxy groups -OCH3 is 2. The number of ether oxygens (including phenoxy) is 3. The third kappa shape index (κ3) is 2.94. The molecule has 1 aromatic carbocycles. The van der Waals surface area contributed by atoms with E-state index in [0.717, 1.165) is 37.7 Å². The molecular formula is C14H21NO3. The van der Waals surface area contributed by atoms with Gasteiger partial charge in [-0.3, -0.25) is 0 Å². The predicted molar refractivity (Wildman–Crippen MR) is 70.2 cm³/mol. The van der Waals surface area contributed by atoms with Crippen LogP contribution in [0.4, 0.5) is 0 Å². The summed E-state index contributed by atoms with van der Waals surface area (Å²) in [5, 5.41) is 3.54. The maximum Gasteiger partial charge on any atom is 0.161 e. The molecule has 0 amide bonds. The van der Waals surface area contributed by atoms with Gasteiger partial charge in [0.05, 0.1) is 20.8 Å². The molecule has 1 saturated heterocycles. The molecule has 2 rings (SSSR count). The molecule has 0 bridgehead atoms. The van der Waals surface area contributed by atoms with E-state index in [1.807, 2.05) is 18.2 Å². The summed E-state index contributed by atoms with van der Waals surface area (Å²) >= 11 is 0. The highest BCUT2D eigenvalue weighted by atomic mass is 16.5. The van der Waals surface area contributed by atoms with Crippen molar-refractivity contribution in [2.75, 3.05) is 27.4 Å². The summed E-state index contributed by atoms with van der Waals surface area (Å²) in [5.41, 5.74) is 1.27. The van der Waals surface area contributed by atoms with Crippen LogP contribution in [0.15, 0.2) is 18.2 Å². The van der Waals surface area contributed by atoms with E-state index in [-0.39, 0.29) is 5.54 Å².